The van der Waals surface area contributed by atoms with Crippen LogP contribution < -0.4 is 10.9 Å². The maximum absolute atomic E-state index is 12.8. The second-order valence-electron chi connectivity index (χ2n) is 4.64. The van der Waals surface area contributed by atoms with Gasteiger partial charge in [0.1, 0.15) is 12.2 Å². The summed E-state index contributed by atoms with van der Waals surface area (Å²) >= 11 is 0. The summed E-state index contributed by atoms with van der Waals surface area (Å²) in [6.07, 6.45) is -3.36. The van der Waals surface area contributed by atoms with Crippen LogP contribution in [0.3, 0.4) is 0 Å². The normalized spacial score (nSPS) is 21.1. The predicted octanol–water partition coefficient (Wildman–Crippen LogP) is 0.690. The van der Waals surface area contributed by atoms with Crippen LogP contribution in [0.2, 0.25) is 0 Å². The van der Waals surface area contributed by atoms with Crippen molar-refractivity contribution in [2.24, 2.45) is 5.92 Å². The van der Waals surface area contributed by atoms with E-state index in [1.54, 1.807) is 5.10 Å². The van der Waals surface area contributed by atoms with E-state index in [0.717, 1.165) is 6.20 Å². The fourth-order valence-electron chi connectivity index (χ4n) is 1.90. The van der Waals surface area contributed by atoms with Gasteiger partial charge in [0, 0.05) is 12.0 Å². The number of alkyl halides is 3. The Kier molecular flexibility index (Phi) is 4.16. The summed E-state index contributed by atoms with van der Waals surface area (Å²) in [5.74, 6) is -1.21. The van der Waals surface area contributed by atoms with Crippen molar-refractivity contribution in [1.82, 2.24) is 10.2 Å². The van der Waals surface area contributed by atoms with Gasteiger partial charge in [-0.1, -0.05) is 0 Å². The molecule has 0 aromatic carbocycles. The molecule has 7 nitrogen and oxygen atoms in total. The summed E-state index contributed by atoms with van der Waals surface area (Å²) < 4.78 is 43.2. The van der Waals surface area contributed by atoms with Gasteiger partial charge in [0.15, 0.2) is 0 Å². The quantitative estimate of drug-likeness (QED) is 0.714. The Balaban J connectivity index is 1.98. The number of rotatable bonds is 6. The fourth-order valence-corrected chi connectivity index (χ4v) is 1.90. The van der Waals surface area contributed by atoms with E-state index in [4.69, 9.17) is 9.84 Å². The van der Waals surface area contributed by atoms with Gasteiger partial charge in [0.2, 0.25) is 0 Å². The molecule has 1 aromatic heterocycles. The van der Waals surface area contributed by atoms with Gasteiger partial charge in [-0.25, -0.2) is 9.89 Å². The second-order valence-corrected chi connectivity index (χ2v) is 4.64. The Morgan fingerprint density at radius 1 is 1.57 bits per heavy atom. The Morgan fingerprint density at radius 2 is 2.29 bits per heavy atom. The molecule has 0 bridgehead atoms. The van der Waals surface area contributed by atoms with Crippen molar-refractivity contribution in [2.75, 3.05) is 18.5 Å². The molecule has 1 heterocycles. The highest BCUT2D eigenvalue weighted by Crippen LogP contribution is 2.37. The third-order valence-electron chi connectivity index (χ3n) is 2.96. The number of H-pyrrole nitrogens is 1. The number of carboxylic acid groups (broad SMARTS) is 1. The SMILES string of the molecule is O=C(O)COC[C@@H]1CC1Nc1cn[nH]c(=O)c1C(F)(F)F. The van der Waals surface area contributed by atoms with E-state index in [1.807, 2.05) is 0 Å². The molecule has 1 aliphatic rings. The third kappa shape index (κ3) is 3.94. The van der Waals surface area contributed by atoms with Gasteiger partial charge in [-0.3, -0.25) is 4.79 Å². The number of halogens is 3. The molecule has 2 atom stereocenters. The zero-order valence-electron chi connectivity index (χ0n) is 10.6. The minimum Gasteiger partial charge on any atom is -0.480 e. The highest BCUT2D eigenvalue weighted by Gasteiger charge is 2.42. The van der Waals surface area contributed by atoms with Gasteiger partial charge in [-0.05, 0) is 6.42 Å². The lowest BCUT2D eigenvalue weighted by atomic mass is 10.2. The van der Waals surface area contributed by atoms with Gasteiger partial charge in [-0.15, -0.1) is 0 Å². The number of anilines is 1. The van der Waals surface area contributed by atoms with E-state index in [0.29, 0.717) is 6.42 Å². The number of carboxylic acids is 1. The van der Waals surface area contributed by atoms with Crippen molar-refractivity contribution in [3.8, 4) is 0 Å². The number of aromatic nitrogens is 2. The molecule has 1 saturated carbocycles. The first-order valence-electron chi connectivity index (χ1n) is 6.00. The molecule has 0 amide bonds. The molecular formula is C11H12F3N3O4. The van der Waals surface area contributed by atoms with Crippen molar-refractivity contribution in [3.05, 3.63) is 22.1 Å². The van der Waals surface area contributed by atoms with Gasteiger partial charge < -0.3 is 15.2 Å². The first kappa shape index (κ1) is 15.3. The Labute approximate surface area is 116 Å². The molecule has 1 aromatic rings. The molecule has 0 radical (unpaired) electrons. The van der Waals surface area contributed by atoms with Crippen LogP contribution in [-0.4, -0.2) is 40.5 Å². The topological polar surface area (TPSA) is 104 Å². The van der Waals surface area contributed by atoms with E-state index in [2.05, 4.69) is 10.4 Å². The van der Waals surface area contributed by atoms with Crippen molar-refractivity contribution in [3.63, 3.8) is 0 Å². The molecule has 0 aliphatic heterocycles. The zero-order valence-corrected chi connectivity index (χ0v) is 10.6. The van der Waals surface area contributed by atoms with Crippen LogP contribution in [0.1, 0.15) is 12.0 Å². The first-order valence-corrected chi connectivity index (χ1v) is 6.00. The fraction of sp³-hybridized carbons (Fsp3) is 0.545. The van der Waals surface area contributed by atoms with E-state index in [-0.39, 0.29) is 18.6 Å². The molecule has 1 fully saturated rings. The first-order chi connectivity index (χ1) is 9.79. The molecule has 3 N–H and O–H groups in total. The van der Waals surface area contributed by atoms with Crippen LogP contribution in [-0.2, 0) is 15.7 Å². The lowest BCUT2D eigenvalue weighted by Gasteiger charge is -2.12. The van der Waals surface area contributed by atoms with Crippen LogP contribution in [0, 0.1) is 5.92 Å². The summed E-state index contributed by atoms with van der Waals surface area (Å²) in [5.41, 5.74) is -3.03. The molecule has 116 valence electrons. The van der Waals surface area contributed by atoms with Gasteiger partial charge in [0.25, 0.3) is 5.56 Å². The summed E-state index contributed by atoms with van der Waals surface area (Å²) in [6, 6.07) is -0.302. The highest BCUT2D eigenvalue weighted by molar-refractivity contribution is 5.68. The van der Waals surface area contributed by atoms with E-state index in [1.165, 1.54) is 0 Å². The third-order valence-corrected chi connectivity index (χ3v) is 2.96. The number of hydrogen-bond acceptors (Lipinski definition) is 5. The van der Waals surface area contributed by atoms with Crippen LogP contribution >= 0.6 is 0 Å². The Morgan fingerprint density at radius 3 is 2.90 bits per heavy atom. The van der Waals surface area contributed by atoms with Crippen LogP contribution in [0.25, 0.3) is 0 Å². The monoisotopic (exact) mass is 307 g/mol. The van der Waals surface area contributed by atoms with Gasteiger partial charge in [0.05, 0.1) is 18.5 Å². The van der Waals surface area contributed by atoms with Crippen LogP contribution in [0.5, 0.6) is 0 Å². The maximum Gasteiger partial charge on any atom is 0.423 e. The number of carbonyl (C=O) groups is 1. The summed E-state index contributed by atoms with van der Waals surface area (Å²) in [7, 11) is 0. The number of aromatic amines is 1. The Bertz CT molecular complexity index is 587. The summed E-state index contributed by atoms with van der Waals surface area (Å²) in [4.78, 5) is 21.5. The number of hydrogen-bond donors (Lipinski definition) is 3. The second kappa shape index (κ2) is 5.72. The van der Waals surface area contributed by atoms with Crippen molar-refractivity contribution < 1.29 is 27.8 Å². The number of nitrogens with one attached hydrogen (secondary N) is 2. The molecule has 0 spiro atoms. The Hall–Kier alpha value is -2.10. The van der Waals surface area contributed by atoms with Gasteiger partial charge >= 0.3 is 12.1 Å². The van der Waals surface area contributed by atoms with Crippen molar-refractivity contribution >= 4 is 11.7 Å². The average molecular weight is 307 g/mol. The van der Waals surface area contributed by atoms with Crippen molar-refractivity contribution in [1.29, 1.82) is 0 Å². The highest BCUT2D eigenvalue weighted by atomic mass is 19.4. The van der Waals surface area contributed by atoms with E-state index < -0.39 is 35.6 Å². The van der Waals surface area contributed by atoms with E-state index >= 15 is 0 Å². The molecule has 2 rings (SSSR count). The average Bonchev–Trinajstić information content (AvgIpc) is 3.05. The standard InChI is InChI=1S/C11H12F3N3O4/c12-11(13,14)9-7(2-15-17-10(9)20)16-6-1-5(6)3-21-4-8(18)19/h2,5-6H,1,3-4H2,(H,18,19)(H2,16,17,20)/t5-,6?/m0/s1. The van der Waals surface area contributed by atoms with E-state index in [9.17, 15) is 22.8 Å². The molecule has 1 aliphatic carbocycles. The minimum absolute atomic E-state index is 0.0929. The molecule has 10 heteroatoms. The predicted molar refractivity (Wildman–Crippen MR) is 63.8 cm³/mol. The van der Waals surface area contributed by atoms with Crippen LogP contribution in [0.4, 0.5) is 18.9 Å². The molecule has 21 heavy (non-hydrogen) atoms. The van der Waals surface area contributed by atoms with Crippen molar-refractivity contribution in [2.45, 2.75) is 18.6 Å². The number of ether oxygens (including phenoxy) is 1. The largest absolute Gasteiger partial charge is 0.480 e. The molecular weight excluding hydrogens is 295 g/mol. The maximum atomic E-state index is 12.8. The molecule has 1 unspecified atom stereocenters. The number of aliphatic carboxylic acids is 1. The smallest absolute Gasteiger partial charge is 0.423 e. The molecule has 0 saturated heterocycles. The van der Waals surface area contributed by atoms with Crippen LogP contribution in [0.15, 0.2) is 11.0 Å². The minimum atomic E-state index is -4.79. The lowest BCUT2D eigenvalue weighted by molar-refractivity contribution is -0.142. The lowest BCUT2D eigenvalue weighted by Crippen LogP contribution is -2.25. The summed E-state index contributed by atoms with van der Waals surface area (Å²) in [6.45, 7) is -0.328. The number of nitrogens with zero attached hydrogens (tertiary/aromatic N) is 1. The summed E-state index contributed by atoms with van der Waals surface area (Å²) in [5, 5.41) is 16.1. The van der Waals surface area contributed by atoms with Gasteiger partial charge in [-0.2, -0.15) is 18.3 Å². The zero-order chi connectivity index (χ0) is 15.6.